The van der Waals surface area contributed by atoms with Gasteiger partial charge < -0.3 is 10.1 Å². The van der Waals surface area contributed by atoms with Crippen molar-refractivity contribution in [3.05, 3.63) is 64.2 Å². The lowest BCUT2D eigenvalue weighted by atomic mass is 9.96. The monoisotopic (exact) mass is 351 g/mol. The third-order valence-electron chi connectivity index (χ3n) is 5.24. The van der Waals surface area contributed by atoms with Crippen molar-refractivity contribution in [3.8, 4) is 5.75 Å². The Labute approximate surface area is 156 Å². The lowest BCUT2D eigenvalue weighted by molar-refractivity contribution is -0.119. The van der Waals surface area contributed by atoms with Gasteiger partial charge in [0.1, 0.15) is 12.4 Å². The van der Waals surface area contributed by atoms with Gasteiger partial charge in [0.05, 0.1) is 6.42 Å². The molecular formula is C23H29NO2. The Balaban J connectivity index is 1.85. The molecule has 1 aliphatic rings. The number of benzene rings is 2. The maximum absolute atomic E-state index is 11.9. The van der Waals surface area contributed by atoms with Crippen molar-refractivity contribution in [1.82, 2.24) is 5.32 Å². The van der Waals surface area contributed by atoms with Crippen molar-refractivity contribution in [2.24, 2.45) is 0 Å². The van der Waals surface area contributed by atoms with E-state index in [0.29, 0.717) is 18.9 Å². The number of hydrogen-bond acceptors (Lipinski definition) is 2. The Morgan fingerprint density at radius 2 is 1.92 bits per heavy atom. The van der Waals surface area contributed by atoms with E-state index in [1.54, 1.807) is 7.05 Å². The highest BCUT2D eigenvalue weighted by atomic mass is 16.5. The minimum absolute atomic E-state index is 0.0424. The number of rotatable bonds is 8. The molecule has 138 valence electrons. The molecule has 0 heterocycles. The van der Waals surface area contributed by atoms with Crippen molar-refractivity contribution < 1.29 is 9.53 Å². The molecule has 3 rings (SSSR count). The van der Waals surface area contributed by atoms with Crippen LogP contribution in [0.25, 0.3) is 0 Å². The predicted molar refractivity (Wildman–Crippen MR) is 106 cm³/mol. The third kappa shape index (κ3) is 4.27. The average molecular weight is 351 g/mol. The summed E-state index contributed by atoms with van der Waals surface area (Å²) in [6.07, 6.45) is 4.88. The second-order valence-corrected chi connectivity index (χ2v) is 7.05. The van der Waals surface area contributed by atoms with E-state index in [1.807, 2.05) is 0 Å². The van der Waals surface area contributed by atoms with Crippen LogP contribution < -0.4 is 10.1 Å². The zero-order valence-electron chi connectivity index (χ0n) is 16.1. The van der Waals surface area contributed by atoms with Gasteiger partial charge in [-0.1, -0.05) is 44.2 Å². The minimum atomic E-state index is 0.0424. The first-order valence-corrected chi connectivity index (χ1v) is 9.72. The fourth-order valence-electron chi connectivity index (χ4n) is 3.45. The van der Waals surface area contributed by atoms with Crippen LogP contribution >= 0.6 is 0 Å². The summed E-state index contributed by atoms with van der Waals surface area (Å²) in [4.78, 5) is 11.9. The van der Waals surface area contributed by atoms with Crippen LogP contribution in [-0.4, -0.2) is 13.0 Å². The number of ether oxygens (including phenoxy) is 1. The molecule has 0 bridgehead atoms. The van der Waals surface area contributed by atoms with E-state index in [9.17, 15) is 4.79 Å². The fraction of sp³-hybridized carbons (Fsp3) is 0.435. The molecule has 0 unspecified atom stereocenters. The van der Waals surface area contributed by atoms with Gasteiger partial charge in [-0.3, -0.25) is 4.79 Å². The first-order chi connectivity index (χ1) is 12.7. The van der Waals surface area contributed by atoms with E-state index in [0.717, 1.165) is 24.2 Å². The van der Waals surface area contributed by atoms with Gasteiger partial charge in [-0.05, 0) is 65.5 Å². The van der Waals surface area contributed by atoms with Gasteiger partial charge in [0, 0.05) is 7.05 Å². The summed E-state index contributed by atoms with van der Waals surface area (Å²) in [6, 6.07) is 12.8. The molecule has 0 atom stereocenters. The Hall–Kier alpha value is -2.29. The Morgan fingerprint density at radius 1 is 1.12 bits per heavy atom. The second-order valence-electron chi connectivity index (χ2n) is 7.05. The number of hydrogen-bond donors (Lipinski definition) is 1. The lowest BCUT2D eigenvalue weighted by Gasteiger charge is -2.17. The average Bonchev–Trinajstić information content (AvgIpc) is 3.51. The fourth-order valence-corrected chi connectivity index (χ4v) is 3.45. The van der Waals surface area contributed by atoms with E-state index in [1.165, 1.54) is 35.1 Å². The molecule has 2 aromatic rings. The standard InChI is InChI=1S/C23H29NO2/c1-4-16-9-12-22(17(5-2)13-16)26-15-21-19(14-23(25)24-3)7-6-8-20(21)18-10-11-18/h6-9,12-13,18H,4-5,10-11,14-15H2,1-3H3,(H,24,25). The van der Waals surface area contributed by atoms with E-state index in [2.05, 4.69) is 55.6 Å². The number of likely N-dealkylation sites (N-methyl/N-ethyl adjacent to an activating group) is 1. The summed E-state index contributed by atoms with van der Waals surface area (Å²) in [5.41, 5.74) is 6.22. The van der Waals surface area contributed by atoms with E-state index in [4.69, 9.17) is 4.74 Å². The van der Waals surface area contributed by atoms with Crippen LogP contribution in [0.5, 0.6) is 5.75 Å². The normalized spacial score (nSPS) is 13.5. The number of nitrogens with one attached hydrogen (secondary N) is 1. The van der Waals surface area contributed by atoms with Crippen molar-refractivity contribution in [1.29, 1.82) is 0 Å². The number of carbonyl (C=O) groups is 1. The molecular weight excluding hydrogens is 322 g/mol. The third-order valence-corrected chi connectivity index (χ3v) is 5.24. The van der Waals surface area contributed by atoms with E-state index < -0.39 is 0 Å². The Morgan fingerprint density at radius 3 is 2.58 bits per heavy atom. The molecule has 0 aromatic heterocycles. The Kier molecular flexibility index (Phi) is 5.97. The van der Waals surface area contributed by atoms with Gasteiger partial charge in [-0.25, -0.2) is 0 Å². The van der Waals surface area contributed by atoms with Crippen LogP contribution in [0.2, 0.25) is 0 Å². The number of carbonyl (C=O) groups excluding carboxylic acids is 1. The number of amides is 1. The molecule has 0 saturated heterocycles. The van der Waals surface area contributed by atoms with Crippen LogP contribution in [0.15, 0.2) is 36.4 Å². The maximum atomic E-state index is 11.9. The summed E-state index contributed by atoms with van der Waals surface area (Å²) in [5, 5.41) is 2.73. The van der Waals surface area contributed by atoms with Crippen LogP contribution in [-0.2, 0) is 30.7 Å². The quantitative estimate of drug-likeness (QED) is 0.757. The molecule has 1 aliphatic carbocycles. The molecule has 2 aromatic carbocycles. The summed E-state index contributed by atoms with van der Waals surface area (Å²) in [5.74, 6) is 1.63. The smallest absolute Gasteiger partial charge is 0.224 e. The van der Waals surface area contributed by atoms with Crippen molar-refractivity contribution in [2.75, 3.05) is 7.05 Å². The second kappa shape index (κ2) is 8.39. The first-order valence-electron chi connectivity index (χ1n) is 9.72. The maximum Gasteiger partial charge on any atom is 0.224 e. The predicted octanol–water partition coefficient (Wildman–Crippen LogP) is 4.56. The molecule has 1 amide bonds. The van der Waals surface area contributed by atoms with Crippen molar-refractivity contribution >= 4 is 5.91 Å². The van der Waals surface area contributed by atoms with Crippen LogP contribution in [0.4, 0.5) is 0 Å². The molecule has 1 fully saturated rings. The highest BCUT2D eigenvalue weighted by Gasteiger charge is 2.27. The molecule has 26 heavy (non-hydrogen) atoms. The van der Waals surface area contributed by atoms with Crippen LogP contribution in [0, 0.1) is 0 Å². The summed E-state index contributed by atoms with van der Waals surface area (Å²) in [6.45, 7) is 4.86. The molecule has 0 aliphatic heterocycles. The van der Waals surface area contributed by atoms with Crippen molar-refractivity contribution in [2.45, 2.75) is 58.5 Å². The summed E-state index contributed by atoms with van der Waals surface area (Å²) >= 11 is 0. The Bertz CT molecular complexity index is 778. The van der Waals surface area contributed by atoms with E-state index >= 15 is 0 Å². The summed E-state index contributed by atoms with van der Waals surface area (Å²) < 4.78 is 6.26. The van der Waals surface area contributed by atoms with Crippen LogP contribution in [0.1, 0.15) is 60.4 Å². The first kappa shape index (κ1) is 18.5. The zero-order chi connectivity index (χ0) is 18.5. The largest absolute Gasteiger partial charge is 0.489 e. The molecule has 0 spiro atoms. The van der Waals surface area contributed by atoms with Crippen molar-refractivity contribution in [3.63, 3.8) is 0 Å². The van der Waals surface area contributed by atoms with Gasteiger partial charge in [0.2, 0.25) is 5.91 Å². The molecule has 3 heteroatoms. The molecule has 1 N–H and O–H groups in total. The SMILES string of the molecule is CCc1ccc(OCc2c(CC(=O)NC)cccc2C2CC2)c(CC)c1. The highest BCUT2D eigenvalue weighted by Crippen LogP contribution is 2.42. The number of aryl methyl sites for hydroxylation is 2. The lowest BCUT2D eigenvalue weighted by Crippen LogP contribution is -2.21. The van der Waals surface area contributed by atoms with Gasteiger partial charge in [-0.15, -0.1) is 0 Å². The molecule has 0 radical (unpaired) electrons. The molecule has 1 saturated carbocycles. The summed E-state index contributed by atoms with van der Waals surface area (Å²) in [7, 11) is 1.69. The topological polar surface area (TPSA) is 38.3 Å². The van der Waals surface area contributed by atoms with Crippen LogP contribution in [0.3, 0.4) is 0 Å². The molecule has 3 nitrogen and oxygen atoms in total. The van der Waals surface area contributed by atoms with Gasteiger partial charge in [0.15, 0.2) is 0 Å². The highest BCUT2D eigenvalue weighted by molar-refractivity contribution is 5.78. The van der Waals surface area contributed by atoms with Gasteiger partial charge in [-0.2, -0.15) is 0 Å². The van der Waals surface area contributed by atoms with E-state index in [-0.39, 0.29) is 5.91 Å². The van der Waals surface area contributed by atoms with Gasteiger partial charge >= 0.3 is 0 Å². The zero-order valence-corrected chi connectivity index (χ0v) is 16.1. The minimum Gasteiger partial charge on any atom is -0.489 e. The van der Waals surface area contributed by atoms with Gasteiger partial charge in [0.25, 0.3) is 0 Å².